The first kappa shape index (κ1) is 11.7. The van der Waals surface area contributed by atoms with Gasteiger partial charge in [0.15, 0.2) is 0 Å². The molecule has 94 valence electrons. The zero-order valence-corrected chi connectivity index (χ0v) is 10.6. The van der Waals surface area contributed by atoms with E-state index in [0.29, 0.717) is 0 Å². The molecule has 0 spiro atoms. The number of nitrogens with zero attached hydrogens (tertiary/aromatic N) is 1. The van der Waals surface area contributed by atoms with E-state index >= 15 is 0 Å². The lowest BCUT2D eigenvalue weighted by Gasteiger charge is -2.52. The monoisotopic (exact) mass is 243 g/mol. The van der Waals surface area contributed by atoms with Crippen molar-refractivity contribution in [3.8, 4) is 6.07 Å². The number of hydrogen-bond acceptors (Lipinski definition) is 1. The lowest BCUT2D eigenvalue weighted by Crippen LogP contribution is -2.45. The van der Waals surface area contributed by atoms with Crippen LogP contribution in [-0.2, 0) is 5.41 Å². The van der Waals surface area contributed by atoms with E-state index in [2.05, 4.69) is 18.2 Å². The number of halogens is 1. The van der Waals surface area contributed by atoms with Crippen molar-refractivity contribution in [3.63, 3.8) is 0 Å². The van der Waals surface area contributed by atoms with Gasteiger partial charge in [0, 0.05) is 0 Å². The molecular formula is C16H18FN. The van der Waals surface area contributed by atoms with Crippen molar-refractivity contribution in [1.29, 1.82) is 5.26 Å². The number of fused-ring (bicyclic) bond motifs is 3. The molecule has 0 unspecified atom stereocenters. The van der Waals surface area contributed by atoms with E-state index in [-0.39, 0.29) is 17.5 Å². The van der Waals surface area contributed by atoms with Crippen molar-refractivity contribution in [2.75, 3.05) is 6.67 Å². The minimum Gasteiger partial charge on any atom is -0.250 e. The molecule has 1 aromatic carbocycles. The van der Waals surface area contributed by atoms with Gasteiger partial charge in [-0.3, -0.25) is 4.39 Å². The Morgan fingerprint density at radius 1 is 1.00 bits per heavy atom. The second-order valence-corrected chi connectivity index (χ2v) is 6.10. The van der Waals surface area contributed by atoms with Gasteiger partial charge in [-0.15, -0.1) is 0 Å². The third kappa shape index (κ3) is 1.65. The Kier molecular flexibility index (Phi) is 2.66. The van der Waals surface area contributed by atoms with Crippen LogP contribution in [0, 0.1) is 16.7 Å². The van der Waals surface area contributed by atoms with E-state index in [1.165, 1.54) is 5.56 Å². The smallest absolute Gasteiger partial charge is 0.0991 e. The van der Waals surface area contributed by atoms with Crippen molar-refractivity contribution in [3.05, 3.63) is 35.4 Å². The predicted molar refractivity (Wildman–Crippen MR) is 68.9 cm³/mol. The Morgan fingerprint density at radius 2 is 1.56 bits per heavy atom. The van der Waals surface area contributed by atoms with Crippen LogP contribution in [0.2, 0.25) is 0 Å². The van der Waals surface area contributed by atoms with Crippen LogP contribution in [-0.4, -0.2) is 6.67 Å². The Labute approximate surface area is 108 Å². The second kappa shape index (κ2) is 4.09. The fourth-order valence-electron chi connectivity index (χ4n) is 3.80. The highest BCUT2D eigenvalue weighted by Gasteiger charge is 2.49. The summed E-state index contributed by atoms with van der Waals surface area (Å²) in [6.45, 7) is -0.142. The first-order valence-corrected chi connectivity index (χ1v) is 6.79. The third-order valence-electron chi connectivity index (χ3n) is 5.31. The molecular weight excluding hydrogens is 225 g/mol. The van der Waals surface area contributed by atoms with Crippen LogP contribution in [0.4, 0.5) is 4.39 Å². The summed E-state index contributed by atoms with van der Waals surface area (Å²) in [4.78, 5) is 0. The summed E-state index contributed by atoms with van der Waals surface area (Å²) >= 11 is 0. The minimum atomic E-state index is -0.142. The Hall–Kier alpha value is -1.36. The van der Waals surface area contributed by atoms with E-state index in [4.69, 9.17) is 5.26 Å². The molecule has 0 amide bonds. The molecule has 3 fully saturated rings. The molecule has 3 aliphatic rings. The Bertz CT molecular complexity index is 458. The number of nitriles is 1. The molecule has 0 N–H and O–H groups in total. The average Bonchev–Trinajstić information content (AvgIpc) is 2.49. The summed E-state index contributed by atoms with van der Waals surface area (Å²) in [5.74, 6) is 0. The first-order valence-electron chi connectivity index (χ1n) is 6.79. The summed E-state index contributed by atoms with van der Waals surface area (Å²) in [7, 11) is 0. The summed E-state index contributed by atoms with van der Waals surface area (Å²) in [5.41, 5.74) is 2.35. The second-order valence-electron chi connectivity index (χ2n) is 6.10. The van der Waals surface area contributed by atoms with Crippen molar-refractivity contribution in [2.45, 2.75) is 43.9 Å². The van der Waals surface area contributed by atoms with E-state index in [1.54, 1.807) is 0 Å². The molecule has 0 aromatic heterocycles. The van der Waals surface area contributed by atoms with Crippen LogP contribution in [0.15, 0.2) is 24.3 Å². The lowest BCUT2D eigenvalue weighted by molar-refractivity contribution is 0.0193. The van der Waals surface area contributed by atoms with Gasteiger partial charge in [-0.25, -0.2) is 0 Å². The van der Waals surface area contributed by atoms with Gasteiger partial charge in [0.05, 0.1) is 18.3 Å². The number of benzene rings is 1. The molecule has 1 nitrogen and oxygen atoms in total. The summed E-state index contributed by atoms with van der Waals surface area (Å²) in [6, 6.07) is 10.2. The van der Waals surface area contributed by atoms with Crippen LogP contribution >= 0.6 is 0 Å². The molecule has 2 heteroatoms. The third-order valence-corrected chi connectivity index (χ3v) is 5.31. The standard InChI is InChI=1S/C16H18FN/c17-12-15-5-8-16(9-6-15,10-7-15)14-3-1-13(11-18)2-4-14/h1-4H,5-10,12H2. The summed E-state index contributed by atoms with van der Waals surface area (Å²) < 4.78 is 13.1. The van der Waals surface area contributed by atoms with Crippen LogP contribution in [0.3, 0.4) is 0 Å². The van der Waals surface area contributed by atoms with Crippen LogP contribution in [0.1, 0.15) is 49.7 Å². The van der Waals surface area contributed by atoms with Gasteiger partial charge in [-0.1, -0.05) is 12.1 Å². The maximum Gasteiger partial charge on any atom is 0.0991 e. The molecule has 4 rings (SSSR count). The molecule has 0 atom stereocenters. The zero-order valence-electron chi connectivity index (χ0n) is 10.6. The molecule has 3 aliphatic carbocycles. The van der Waals surface area contributed by atoms with Gasteiger partial charge < -0.3 is 0 Å². The van der Waals surface area contributed by atoms with E-state index < -0.39 is 0 Å². The van der Waals surface area contributed by atoms with Gasteiger partial charge in [0.2, 0.25) is 0 Å². The Morgan fingerprint density at radius 3 is 2.00 bits per heavy atom. The lowest BCUT2D eigenvalue weighted by atomic mass is 9.52. The van der Waals surface area contributed by atoms with Crippen molar-refractivity contribution >= 4 is 0 Å². The predicted octanol–water partition coefficient (Wildman–Crippen LogP) is 4.12. The molecule has 18 heavy (non-hydrogen) atoms. The topological polar surface area (TPSA) is 23.8 Å². The molecule has 3 saturated carbocycles. The maximum absolute atomic E-state index is 13.1. The maximum atomic E-state index is 13.1. The van der Waals surface area contributed by atoms with Gasteiger partial charge in [-0.05, 0) is 67.1 Å². The van der Waals surface area contributed by atoms with Crippen LogP contribution in [0.5, 0.6) is 0 Å². The fraction of sp³-hybridized carbons (Fsp3) is 0.562. The van der Waals surface area contributed by atoms with Crippen LogP contribution in [0.25, 0.3) is 0 Å². The van der Waals surface area contributed by atoms with Crippen molar-refractivity contribution < 1.29 is 4.39 Å². The van der Waals surface area contributed by atoms with Crippen molar-refractivity contribution in [1.82, 2.24) is 0 Å². The normalized spacial score (nSPS) is 34.2. The molecule has 0 aliphatic heterocycles. The summed E-state index contributed by atoms with van der Waals surface area (Å²) in [5, 5.41) is 8.84. The zero-order chi connectivity index (χ0) is 12.6. The molecule has 0 saturated heterocycles. The quantitative estimate of drug-likeness (QED) is 0.766. The fourth-order valence-corrected chi connectivity index (χ4v) is 3.80. The molecule has 2 bridgehead atoms. The summed E-state index contributed by atoms with van der Waals surface area (Å²) in [6.07, 6.45) is 6.44. The minimum absolute atomic E-state index is 0.00828. The van der Waals surface area contributed by atoms with Crippen molar-refractivity contribution in [2.24, 2.45) is 5.41 Å². The SMILES string of the molecule is N#Cc1ccc(C23CCC(CF)(CC2)CC3)cc1. The molecule has 1 aromatic rings. The highest BCUT2D eigenvalue weighted by molar-refractivity contribution is 5.36. The van der Waals surface area contributed by atoms with Gasteiger partial charge in [0.25, 0.3) is 0 Å². The largest absolute Gasteiger partial charge is 0.250 e. The highest BCUT2D eigenvalue weighted by Crippen LogP contribution is 2.57. The van der Waals surface area contributed by atoms with Gasteiger partial charge >= 0.3 is 0 Å². The molecule has 0 radical (unpaired) electrons. The number of rotatable bonds is 2. The number of hydrogen-bond donors (Lipinski definition) is 0. The van der Waals surface area contributed by atoms with Crippen LogP contribution < -0.4 is 0 Å². The first-order chi connectivity index (χ1) is 8.72. The Balaban J connectivity index is 1.87. The average molecular weight is 243 g/mol. The van der Waals surface area contributed by atoms with E-state index in [9.17, 15) is 4.39 Å². The number of alkyl halides is 1. The van der Waals surface area contributed by atoms with Gasteiger partial charge in [0.1, 0.15) is 0 Å². The highest BCUT2D eigenvalue weighted by atomic mass is 19.1. The van der Waals surface area contributed by atoms with E-state index in [0.717, 1.165) is 44.1 Å². The van der Waals surface area contributed by atoms with E-state index in [1.807, 2.05) is 12.1 Å². The van der Waals surface area contributed by atoms with Gasteiger partial charge in [-0.2, -0.15) is 5.26 Å². The molecule has 0 heterocycles.